The van der Waals surface area contributed by atoms with Crippen molar-refractivity contribution in [1.29, 1.82) is 0 Å². The lowest BCUT2D eigenvalue weighted by atomic mass is 9.99. The average molecular weight is 324 g/mol. The first kappa shape index (κ1) is 14.5. The molecule has 24 heavy (non-hydrogen) atoms. The van der Waals surface area contributed by atoms with E-state index in [1.54, 1.807) is 15.6 Å². The first-order chi connectivity index (χ1) is 11.6. The Morgan fingerprint density at radius 3 is 2.83 bits per heavy atom. The number of aromatic nitrogens is 4. The zero-order valence-electron chi connectivity index (χ0n) is 13.6. The Labute approximate surface area is 137 Å². The maximum Gasteiger partial charge on any atom is 0.149 e. The number of H-pyrrole nitrogens is 1. The molecule has 0 radical (unpaired) electrons. The van der Waals surface area contributed by atoms with Crippen molar-refractivity contribution in [2.45, 2.75) is 0 Å². The van der Waals surface area contributed by atoms with Gasteiger partial charge in [-0.2, -0.15) is 10.2 Å². The molecular formula is C17H17FN6. The number of nitrogens with one attached hydrogen (secondary N) is 2. The fraction of sp³-hybridized carbons (Fsp3) is 0.176. The quantitative estimate of drug-likeness (QED) is 0.608. The molecule has 1 aromatic carbocycles. The van der Waals surface area contributed by atoms with Crippen molar-refractivity contribution in [2.75, 3.05) is 31.4 Å². The lowest BCUT2D eigenvalue weighted by Crippen LogP contribution is -2.12. The summed E-state index contributed by atoms with van der Waals surface area (Å²) in [6.07, 6.45) is 3.61. The van der Waals surface area contributed by atoms with Gasteiger partial charge >= 0.3 is 0 Å². The lowest BCUT2D eigenvalue weighted by Gasteiger charge is -2.19. The molecule has 0 saturated carbocycles. The van der Waals surface area contributed by atoms with Crippen LogP contribution in [0, 0.1) is 5.82 Å². The molecule has 4 rings (SSSR count). The van der Waals surface area contributed by atoms with Gasteiger partial charge in [0, 0.05) is 50.4 Å². The third-order valence-electron chi connectivity index (χ3n) is 4.13. The molecule has 0 fully saturated rings. The zero-order chi connectivity index (χ0) is 16.8. The summed E-state index contributed by atoms with van der Waals surface area (Å²) in [5.41, 5.74) is 3.89. The van der Waals surface area contributed by atoms with Gasteiger partial charge in [0.1, 0.15) is 11.6 Å². The smallest absolute Gasteiger partial charge is 0.149 e. The fourth-order valence-electron chi connectivity index (χ4n) is 3.05. The van der Waals surface area contributed by atoms with Crippen molar-refractivity contribution in [3.8, 4) is 11.1 Å². The molecule has 122 valence electrons. The molecule has 0 amide bonds. The molecule has 0 unspecified atom stereocenters. The second-order valence-electron chi connectivity index (χ2n) is 5.87. The minimum Gasteiger partial charge on any atom is -0.375 e. The Bertz CT molecular complexity index is 1050. The van der Waals surface area contributed by atoms with Crippen LogP contribution in [0.4, 0.5) is 15.9 Å². The molecule has 0 spiro atoms. The fourth-order valence-corrected chi connectivity index (χ4v) is 3.05. The van der Waals surface area contributed by atoms with E-state index in [1.807, 2.05) is 45.5 Å². The van der Waals surface area contributed by atoms with Crippen LogP contribution in [0.2, 0.25) is 0 Å². The number of hydrogen-bond acceptors (Lipinski definition) is 4. The van der Waals surface area contributed by atoms with Crippen molar-refractivity contribution in [3.63, 3.8) is 0 Å². The number of hydrogen-bond donors (Lipinski definition) is 2. The van der Waals surface area contributed by atoms with Crippen LogP contribution < -0.4 is 10.2 Å². The second-order valence-corrected chi connectivity index (χ2v) is 5.87. The van der Waals surface area contributed by atoms with E-state index in [9.17, 15) is 4.39 Å². The summed E-state index contributed by atoms with van der Waals surface area (Å²) < 4.78 is 16.4. The Balaban J connectivity index is 2.04. The monoisotopic (exact) mass is 324 g/mol. The number of anilines is 2. The molecule has 0 aliphatic heterocycles. The van der Waals surface area contributed by atoms with E-state index in [0.717, 1.165) is 27.8 Å². The molecular weight excluding hydrogens is 307 g/mol. The normalized spacial score (nSPS) is 11.3. The van der Waals surface area contributed by atoms with Crippen LogP contribution in [-0.2, 0) is 0 Å². The number of fused-ring (bicyclic) bond motifs is 2. The van der Waals surface area contributed by atoms with Crippen molar-refractivity contribution in [1.82, 2.24) is 19.8 Å². The van der Waals surface area contributed by atoms with Crippen LogP contribution in [0.25, 0.3) is 27.5 Å². The van der Waals surface area contributed by atoms with Crippen molar-refractivity contribution >= 4 is 27.9 Å². The van der Waals surface area contributed by atoms with Gasteiger partial charge in [-0.3, -0.25) is 5.10 Å². The van der Waals surface area contributed by atoms with E-state index < -0.39 is 0 Å². The summed E-state index contributed by atoms with van der Waals surface area (Å²) in [5.74, 6) is 0.503. The summed E-state index contributed by atoms with van der Waals surface area (Å²) in [7, 11) is 5.50. The lowest BCUT2D eigenvalue weighted by molar-refractivity contribution is 0.628. The number of benzene rings is 1. The molecule has 0 aliphatic rings. The standard InChI is InChI=1S/C17H17FN6/c1-19-15-7-11-6-10(4-5-24(11)22-15)16-12-9-20-21-14(12)8-13(18)17(16)23(2)3/h4-9H,1-3H3,(H,19,22)(H,20,21). The molecule has 0 aliphatic carbocycles. The van der Waals surface area contributed by atoms with Gasteiger partial charge in [0.05, 0.1) is 22.9 Å². The summed E-state index contributed by atoms with van der Waals surface area (Å²) >= 11 is 0. The van der Waals surface area contributed by atoms with E-state index in [-0.39, 0.29) is 5.82 Å². The van der Waals surface area contributed by atoms with Crippen molar-refractivity contribution in [2.24, 2.45) is 0 Å². The third-order valence-corrected chi connectivity index (χ3v) is 4.13. The Morgan fingerprint density at radius 2 is 2.08 bits per heavy atom. The Kier molecular flexibility index (Phi) is 3.16. The molecule has 4 aromatic rings. The number of nitrogens with zero attached hydrogens (tertiary/aromatic N) is 4. The predicted molar refractivity (Wildman–Crippen MR) is 94.1 cm³/mol. The molecule has 7 heteroatoms. The van der Waals surface area contributed by atoms with Crippen LogP contribution in [0.15, 0.2) is 36.7 Å². The van der Waals surface area contributed by atoms with Gasteiger partial charge in [0.25, 0.3) is 0 Å². The van der Waals surface area contributed by atoms with Gasteiger partial charge < -0.3 is 10.2 Å². The Hall–Kier alpha value is -3.09. The van der Waals surface area contributed by atoms with Crippen LogP contribution >= 0.6 is 0 Å². The molecule has 2 N–H and O–H groups in total. The summed E-state index contributed by atoms with van der Waals surface area (Å²) in [6.45, 7) is 0. The second kappa shape index (κ2) is 5.23. The first-order valence-electron chi connectivity index (χ1n) is 7.59. The molecule has 0 atom stereocenters. The molecule has 6 nitrogen and oxygen atoms in total. The minimum atomic E-state index is -0.281. The maximum absolute atomic E-state index is 14.6. The number of aromatic amines is 1. The SMILES string of the molecule is CNc1cc2cc(-c3c(N(C)C)c(F)cc4[nH]ncc34)ccn2n1. The highest BCUT2D eigenvalue weighted by Gasteiger charge is 2.18. The minimum absolute atomic E-state index is 0.281. The van der Waals surface area contributed by atoms with E-state index in [4.69, 9.17) is 0 Å². The predicted octanol–water partition coefficient (Wildman–Crippen LogP) is 3.12. The maximum atomic E-state index is 14.6. The topological polar surface area (TPSA) is 61.2 Å². The highest BCUT2D eigenvalue weighted by Crippen LogP contribution is 2.38. The van der Waals surface area contributed by atoms with Gasteiger partial charge in [-0.15, -0.1) is 0 Å². The largest absolute Gasteiger partial charge is 0.375 e. The first-order valence-corrected chi connectivity index (χ1v) is 7.59. The molecule has 0 bridgehead atoms. The van der Waals surface area contributed by atoms with Crippen molar-refractivity contribution in [3.05, 3.63) is 42.5 Å². The van der Waals surface area contributed by atoms with Gasteiger partial charge in [-0.1, -0.05) is 0 Å². The van der Waals surface area contributed by atoms with E-state index in [1.165, 1.54) is 6.07 Å². The van der Waals surface area contributed by atoms with Crippen molar-refractivity contribution < 1.29 is 4.39 Å². The highest BCUT2D eigenvalue weighted by atomic mass is 19.1. The number of rotatable bonds is 3. The molecule has 3 heterocycles. The van der Waals surface area contributed by atoms with Crippen LogP contribution in [0.5, 0.6) is 0 Å². The van der Waals surface area contributed by atoms with Gasteiger partial charge in [-0.25, -0.2) is 8.91 Å². The van der Waals surface area contributed by atoms with Gasteiger partial charge in [-0.05, 0) is 17.7 Å². The summed E-state index contributed by atoms with van der Waals surface area (Å²) in [4.78, 5) is 1.79. The number of pyridine rings is 1. The van der Waals surface area contributed by atoms with Crippen LogP contribution in [0.1, 0.15) is 0 Å². The zero-order valence-corrected chi connectivity index (χ0v) is 13.6. The van der Waals surface area contributed by atoms with Gasteiger partial charge in [0.15, 0.2) is 0 Å². The molecule has 0 saturated heterocycles. The van der Waals surface area contributed by atoms with Crippen LogP contribution in [-0.4, -0.2) is 41.0 Å². The highest BCUT2D eigenvalue weighted by molar-refractivity contribution is 6.02. The van der Waals surface area contributed by atoms with E-state index >= 15 is 0 Å². The Morgan fingerprint density at radius 1 is 1.25 bits per heavy atom. The summed E-state index contributed by atoms with van der Waals surface area (Å²) in [5, 5.41) is 15.2. The number of halogens is 1. The van der Waals surface area contributed by atoms with Gasteiger partial charge in [0.2, 0.25) is 0 Å². The summed E-state index contributed by atoms with van der Waals surface area (Å²) in [6, 6.07) is 7.37. The molecule has 3 aromatic heterocycles. The van der Waals surface area contributed by atoms with E-state index in [0.29, 0.717) is 11.2 Å². The van der Waals surface area contributed by atoms with Crippen LogP contribution in [0.3, 0.4) is 0 Å². The third kappa shape index (κ3) is 2.09. The average Bonchev–Trinajstić information content (AvgIpc) is 3.18. The van der Waals surface area contributed by atoms with E-state index in [2.05, 4.69) is 20.6 Å².